The average molecular weight is 315 g/mol. The lowest BCUT2D eigenvalue weighted by atomic mass is 10.0. The molecule has 2 aromatic rings. The SMILES string of the molecule is Cc1nn(C)c(C)c1C=CC(=O)N1CCc2sccc2C1C. The summed E-state index contributed by atoms with van der Waals surface area (Å²) in [6.07, 6.45) is 4.54. The van der Waals surface area contributed by atoms with Crippen LogP contribution in [0.5, 0.6) is 0 Å². The van der Waals surface area contributed by atoms with Crippen molar-refractivity contribution in [2.75, 3.05) is 6.54 Å². The molecule has 1 unspecified atom stereocenters. The van der Waals surface area contributed by atoms with E-state index in [2.05, 4.69) is 23.5 Å². The third-order valence-corrected chi connectivity index (χ3v) is 5.51. The lowest BCUT2D eigenvalue weighted by Crippen LogP contribution is -2.37. The van der Waals surface area contributed by atoms with Gasteiger partial charge in [0.2, 0.25) is 5.91 Å². The van der Waals surface area contributed by atoms with E-state index in [1.807, 2.05) is 36.6 Å². The summed E-state index contributed by atoms with van der Waals surface area (Å²) in [5.41, 5.74) is 4.37. The number of hydrogen-bond acceptors (Lipinski definition) is 3. The average Bonchev–Trinajstić information content (AvgIpc) is 3.04. The molecule has 0 fully saturated rings. The van der Waals surface area contributed by atoms with Crippen LogP contribution in [0.25, 0.3) is 6.08 Å². The van der Waals surface area contributed by atoms with Crippen LogP contribution in [0.4, 0.5) is 0 Å². The van der Waals surface area contributed by atoms with E-state index in [4.69, 9.17) is 0 Å². The maximum Gasteiger partial charge on any atom is 0.247 e. The van der Waals surface area contributed by atoms with Gasteiger partial charge in [0.25, 0.3) is 0 Å². The van der Waals surface area contributed by atoms with Crippen molar-refractivity contribution in [3.63, 3.8) is 0 Å². The van der Waals surface area contributed by atoms with Crippen LogP contribution in [0.3, 0.4) is 0 Å². The quantitative estimate of drug-likeness (QED) is 0.798. The summed E-state index contributed by atoms with van der Waals surface area (Å²) in [5, 5.41) is 6.50. The minimum atomic E-state index is 0.0759. The van der Waals surface area contributed by atoms with Crippen LogP contribution in [0.15, 0.2) is 17.5 Å². The molecule has 1 atom stereocenters. The zero-order valence-corrected chi connectivity index (χ0v) is 14.3. The van der Waals surface area contributed by atoms with Gasteiger partial charge in [0, 0.05) is 35.8 Å². The van der Waals surface area contributed by atoms with Crippen molar-refractivity contribution in [3.05, 3.63) is 44.9 Å². The molecule has 0 saturated heterocycles. The summed E-state index contributed by atoms with van der Waals surface area (Å²) in [6, 6.07) is 2.30. The van der Waals surface area contributed by atoms with E-state index in [-0.39, 0.29) is 11.9 Å². The Morgan fingerprint density at radius 1 is 1.45 bits per heavy atom. The number of fused-ring (bicyclic) bond motifs is 1. The predicted octanol–water partition coefficient (Wildman–Crippen LogP) is 3.26. The molecular formula is C17H21N3OS. The Bertz CT molecular complexity index is 741. The summed E-state index contributed by atoms with van der Waals surface area (Å²) in [7, 11) is 1.92. The molecule has 22 heavy (non-hydrogen) atoms. The molecule has 3 heterocycles. The molecule has 0 bridgehead atoms. The van der Waals surface area contributed by atoms with Gasteiger partial charge in [-0.25, -0.2) is 0 Å². The zero-order valence-electron chi connectivity index (χ0n) is 13.5. The zero-order chi connectivity index (χ0) is 15.9. The largest absolute Gasteiger partial charge is 0.332 e. The van der Waals surface area contributed by atoms with E-state index in [1.165, 1.54) is 10.4 Å². The lowest BCUT2D eigenvalue weighted by Gasteiger charge is -2.32. The number of hydrogen-bond donors (Lipinski definition) is 0. The molecule has 0 radical (unpaired) electrons. The molecule has 3 rings (SSSR count). The molecule has 2 aromatic heterocycles. The normalized spacial score (nSPS) is 18.0. The van der Waals surface area contributed by atoms with E-state index >= 15 is 0 Å². The molecule has 5 heteroatoms. The third kappa shape index (κ3) is 2.50. The Labute approximate surface area is 135 Å². The van der Waals surface area contributed by atoms with Crippen LogP contribution < -0.4 is 0 Å². The van der Waals surface area contributed by atoms with Crippen molar-refractivity contribution in [1.82, 2.24) is 14.7 Å². The Morgan fingerprint density at radius 2 is 2.23 bits per heavy atom. The van der Waals surface area contributed by atoms with E-state index in [1.54, 1.807) is 17.4 Å². The summed E-state index contributed by atoms with van der Waals surface area (Å²) >= 11 is 1.79. The smallest absolute Gasteiger partial charge is 0.247 e. The van der Waals surface area contributed by atoms with Crippen LogP contribution in [-0.4, -0.2) is 27.1 Å². The number of rotatable bonds is 2. The first-order chi connectivity index (χ1) is 10.5. The fraction of sp³-hybridized carbons (Fsp3) is 0.412. The maximum atomic E-state index is 12.6. The van der Waals surface area contributed by atoms with E-state index in [9.17, 15) is 4.79 Å². The number of nitrogens with zero attached hydrogens (tertiary/aromatic N) is 3. The van der Waals surface area contributed by atoms with Gasteiger partial charge in [-0.15, -0.1) is 11.3 Å². The predicted molar refractivity (Wildman–Crippen MR) is 89.9 cm³/mol. The third-order valence-electron chi connectivity index (χ3n) is 4.52. The lowest BCUT2D eigenvalue weighted by molar-refractivity contribution is -0.128. The number of thiophene rings is 1. The van der Waals surface area contributed by atoms with Gasteiger partial charge >= 0.3 is 0 Å². The summed E-state index contributed by atoms with van der Waals surface area (Å²) in [6.45, 7) is 6.89. The molecule has 0 aliphatic carbocycles. The Balaban J connectivity index is 1.79. The Kier molecular flexibility index (Phi) is 3.91. The first-order valence-corrected chi connectivity index (χ1v) is 8.42. The molecule has 0 N–H and O–H groups in total. The van der Waals surface area contributed by atoms with Crippen molar-refractivity contribution >= 4 is 23.3 Å². The molecule has 116 valence electrons. The molecule has 4 nitrogen and oxygen atoms in total. The molecule has 0 spiro atoms. The minimum absolute atomic E-state index is 0.0759. The highest BCUT2D eigenvalue weighted by molar-refractivity contribution is 7.10. The second kappa shape index (κ2) is 5.72. The van der Waals surface area contributed by atoms with Gasteiger partial charge in [-0.1, -0.05) is 0 Å². The van der Waals surface area contributed by atoms with Crippen molar-refractivity contribution in [2.45, 2.75) is 33.2 Å². The molecular weight excluding hydrogens is 294 g/mol. The van der Waals surface area contributed by atoms with Gasteiger partial charge in [0.1, 0.15) is 0 Å². The number of carbonyl (C=O) groups excluding carboxylic acids is 1. The van der Waals surface area contributed by atoms with Crippen molar-refractivity contribution in [2.24, 2.45) is 7.05 Å². The van der Waals surface area contributed by atoms with Crippen LogP contribution in [-0.2, 0) is 18.3 Å². The number of carbonyl (C=O) groups is 1. The second-order valence-electron chi connectivity index (χ2n) is 5.80. The highest BCUT2D eigenvalue weighted by Crippen LogP contribution is 2.32. The highest BCUT2D eigenvalue weighted by Gasteiger charge is 2.27. The van der Waals surface area contributed by atoms with Gasteiger partial charge < -0.3 is 4.90 Å². The van der Waals surface area contributed by atoms with Crippen LogP contribution in [0.2, 0.25) is 0 Å². The fourth-order valence-corrected chi connectivity index (χ4v) is 4.05. The van der Waals surface area contributed by atoms with Crippen LogP contribution in [0.1, 0.15) is 40.4 Å². The number of aromatic nitrogens is 2. The molecule has 1 amide bonds. The van der Waals surface area contributed by atoms with Crippen molar-refractivity contribution in [1.29, 1.82) is 0 Å². The van der Waals surface area contributed by atoms with Gasteiger partial charge in [-0.2, -0.15) is 5.10 Å². The van der Waals surface area contributed by atoms with Crippen LogP contribution >= 0.6 is 11.3 Å². The van der Waals surface area contributed by atoms with Gasteiger partial charge in [-0.3, -0.25) is 9.48 Å². The molecule has 0 saturated carbocycles. The molecule has 1 aliphatic heterocycles. The minimum Gasteiger partial charge on any atom is -0.332 e. The van der Waals surface area contributed by atoms with E-state index in [0.29, 0.717) is 0 Å². The summed E-state index contributed by atoms with van der Waals surface area (Å²) < 4.78 is 1.85. The molecule has 1 aliphatic rings. The van der Waals surface area contributed by atoms with E-state index < -0.39 is 0 Å². The van der Waals surface area contributed by atoms with Crippen molar-refractivity contribution < 1.29 is 4.79 Å². The van der Waals surface area contributed by atoms with Crippen molar-refractivity contribution in [3.8, 4) is 0 Å². The highest BCUT2D eigenvalue weighted by atomic mass is 32.1. The summed E-state index contributed by atoms with van der Waals surface area (Å²) in [4.78, 5) is 15.9. The number of aryl methyl sites for hydroxylation is 2. The molecule has 0 aromatic carbocycles. The first-order valence-electron chi connectivity index (χ1n) is 7.54. The topological polar surface area (TPSA) is 38.1 Å². The monoisotopic (exact) mass is 315 g/mol. The van der Waals surface area contributed by atoms with Gasteiger partial charge in [-0.05, 0) is 50.3 Å². The Hall–Kier alpha value is -1.88. The fourth-order valence-electron chi connectivity index (χ4n) is 3.09. The Morgan fingerprint density at radius 3 is 2.91 bits per heavy atom. The maximum absolute atomic E-state index is 12.6. The van der Waals surface area contributed by atoms with Crippen LogP contribution in [0, 0.1) is 13.8 Å². The first kappa shape index (κ1) is 15.0. The summed E-state index contributed by atoms with van der Waals surface area (Å²) in [5.74, 6) is 0.0759. The second-order valence-corrected chi connectivity index (χ2v) is 6.80. The van der Waals surface area contributed by atoms with E-state index in [0.717, 1.165) is 29.9 Å². The standard InChI is InChI=1S/C17H21N3OS/c1-11-14(12(2)19(4)18-11)5-6-17(21)20-9-7-16-15(13(20)3)8-10-22-16/h5-6,8,10,13H,7,9H2,1-4H3. The van der Waals surface area contributed by atoms with Gasteiger partial charge in [0.15, 0.2) is 0 Å². The van der Waals surface area contributed by atoms with Gasteiger partial charge in [0.05, 0.1) is 11.7 Å². The number of amides is 1.